The quantitative estimate of drug-likeness (QED) is 0.421. The predicted molar refractivity (Wildman–Crippen MR) is 73.8 cm³/mol. The summed E-state index contributed by atoms with van der Waals surface area (Å²) >= 11 is 1.53. The Labute approximate surface area is 145 Å². The number of thioether (sulfide) groups is 1. The van der Waals surface area contributed by atoms with Crippen molar-refractivity contribution < 1.29 is 43.9 Å². The summed E-state index contributed by atoms with van der Waals surface area (Å²) in [5.41, 5.74) is -1.20. The van der Waals surface area contributed by atoms with Gasteiger partial charge in [-0.15, -0.1) is 0 Å². The Morgan fingerprint density at radius 3 is 2.75 bits per heavy atom. The summed E-state index contributed by atoms with van der Waals surface area (Å²) in [6, 6.07) is -0.841. The molecule has 7 heteroatoms. The van der Waals surface area contributed by atoms with Crippen molar-refractivity contribution in [1.82, 2.24) is 5.32 Å². The minimum atomic E-state index is -1.20. The fourth-order valence-electron chi connectivity index (χ4n) is 2.57. The van der Waals surface area contributed by atoms with E-state index in [1.165, 1.54) is 11.8 Å². The Bertz CT molecular complexity index is 419. The molecule has 1 saturated heterocycles. The molecular weight excluding hydrogens is 287 g/mol. The number of barbiturate groups is 1. The molecule has 2 unspecified atom stereocenters. The molecule has 0 aromatic heterocycles. The van der Waals surface area contributed by atoms with E-state index >= 15 is 0 Å². The first-order chi connectivity index (χ1) is 9.11. The Morgan fingerprint density at radius 2 is 2.20 bits per heavy atom. The predicted octanol–water partition coefficient (Wildman–Crippen LogP) is -0.764. The maximum absolute atomic E-state index is 12.3. The Morgan fingerprint density at radius 1 is 1.45 bits per heavy atom. The van der Waals surface area contributed by atoms with Crippen molar-refractivity contribution in [2.75, 3.05) is 11.5 Å². The van der Waals surface area contributed by atoms with Gasteiger partial charge in [0.1, 0.15) is 5.41 Å². The molecule has 2 aliphatic rings. The Hall–Kier alpha value is -0.300. The molecule has 0 saturated carbocycles. The molecule has 0 spiro atoms. The van der Waals surface area contributed by atoms with Crippen LogP contribution in [-0.2, 0) is 9.59 Å². The van der Waals surface area contributed by atoms with Gasteiger partial charge in [0.15, 0.2) is 17.8 Å². The van der Waals surface area contributed by atoms with E-state index in [2.05, 4.69) is 10.6 Å². The molecule has 1 aliphatic carbocycles. The van der Waals surface area contributed by atoms with Crippen LogP contribution in [0.4, 0.5) is 4.79 Å². The van der Waals surface area contributed by atoms with Crippen LogP contribution in [0.25, 0.3) is 5.32 Å². The fraction of sp³-hybridized carbons (Fsp3) is 0.615. The van der Waals surface area contributed by atoms with E-state index in [1.54, 1.807) is 0 Å². The van der Waals surface area contributed by atoms with Gasteiger partial charge in [-0.2, -0.15) is 11.8 Å². The molecule has 1 aliphatic heterocycles. The second-order valence-electron chi connectivity index (χ2n) is 4.75. The number of allylic oxidation sites excluding steroid dienone is 2. The summed E-state index contributed by atoms with van der Waals surface area (Å²) in [6.45, 7) is 1.97. The van der Waals surface area contributed by atoms with Crippen molar-refractivity contribution in [3.8, 4) is 0 Å². The molecule has 2 rings (SSSR count). The monoisotopic (exact) mass is 304 g/mol. The van der Waals surface area contributed by atoms with Gasteiger partial charge in [-0.1, -0.05) is 19.1 Å². The van der Waals surface area contributed by atoms with E-state index < -0.39 is 23.3 Å². The van der Waals surface area contributed by atoms with Gasteiger partial charge in [0, 0.05) is 5.75 Å². The summed E-state index contributed by atoms with van der Waals surface area (Å²) < 4.78 is 0. The van der Waals surface area contributed by atoms with E-state index in [1.807, 2.05) is 19.1 Å². The van der Waals surface area contributed by atoms with Crippen LogP contribution in [0.5, 0.6) is 0 Å². The fourth-order valence-corrected chi connectivity index (χ4v) is 3.57. The van der Waals surface area contributed by atoms with E-state index in [4.69, 9.17) is 0 Å². The number of hydrogen-bond acceptors (Lipinski definition) is 4. The van der Waals surface area contributed by atoms with Gasteiger partial charge in [-0.3, -0.25) is 14.4 Å². The Kier molecular flexibility index (Phi) is 6.78. The van der Waals surface area contributed by atoms with Crippen molar-refractivity contribution >= 4 is 29.6 Å². The van der Waals surface area contributed by atoms with Crippen molar-refractivity contribution in [3.63, 3.8) is 0 Å². The first-order valence-electron chi connectivity index (χ1n) is 6.47. The van der Waals surface area contributed by atoms with Gasteiger partial charge in [-0.25, -0.2) is 0 Å². The number of urea groups is 1. The van der Waals surface area contributed by atoms with E-state index in [9.17, 15) is 14.4 Å². The van der Waals surface area contributed by atoms with Crippen LogP contribution in [0.1, 0.15) is 26.2 Å². The number of nitrogens with zero attached hydrogens (tertiary/aromatic N) is 1. The molecule has 1 fully saturated rings. The molecule has 104 valence electrons. The number of hydrogen-bond donors (Lipinski definition) is 1. The van der Waals surface area contributed by atoms with Gasteiger partial charge in [0.05, 0.1) is 0 Å². The van der Waals surface area contributed by atoms with E-state index in [0.29, 0.717) is 5.75 Å². The standard InChI is InChI=1S/C13H18N2O3S.Na/c1-2-19-8-13(9-6-4-3-5-7-9)10(16)14-12(18)15-11(13)17;/h4,6,9H,2-3,5,7-8H2,1H3,(H2,14,15,16,17,18);/q;+1/p-1. The molecule has 4 amide bonds. The first kappa shape index (κ1) is 17.8. The zero-order valence-electron chi connectivity index (χ0n) is 11.8. The largest absolute Gasteiger partial charge is 1.00 e. The molecule has 0 radical (unpaired) electrons. The molecule has 0 aromatic rings. The first-order valence-corrected chi connectivity index (χ1v) is 7.62. The molecule has 2 atom stereocenters. The summed E-state index contributed by atoms with van der Waals surface area (Å²) in [7, 11) is 0. The molecule has 1 N–H and O–H groups in total. The summed E-state index contributed by atoms with van der Waals surface area (Å²) in [5.74, 6) is -0.0504. The van der Waals surface area contributed by atoms with Crippen LogP contribution in [0.2, 0.25) is 0 Å². The minimum absolute atomic E-state index is 0. The number of nitrogens with one attached hydrogen (secondary N) is 1. The maximum Gasteiger partial charge on any atom is 1.00 e. The summed E-state index contributed by atoms with van der Waals surface area (Å²) in [5, 5.41) is 5.65. The van der Waals surface area contributed by atoms with Crippen LogP contribution in [-0.4, -0.2) is 29.4 Å². The summed E-state index contributed by atoms with van der Waals surface area (Å²) in [4.78, 5) is 35.7. The molecule has 0 bridgehead atoms. The number of amides is 4. The van der Waals surface area contributed by atoms with Gasteiger partial charge >= 0.3 is 29.6 Å². The van der Waals surface area contributed by atoms with Gasteiger partial charge < -0.3 is 10.6 Å². The number of imide groups is 2. The van der Waals surface area contributed by atoms with E-state index in [0.717, 1.165) is 25.0 Å². The number of rotatable bonds is 4. The van der Waals surface area contributed by atoms with Gasteiger partial charge in [-0.05, 0) is 30.9 Å². The third kappa shape index (κ3) is 3.30. The van der Waals surface area contributed by atoms with Crippen LogP contribution < -0.4 is 34.9 Å². The number of carbonyl (C=O) groups is 3. The zero-order chi connectivity index (χ0) is 13.9. The van der Waals surface area contributed by atoms with Crippen LogP contribution in [0.15, 0.2) is 12.2 Å². The van der Waals surface area contributed by atoms with Gasteiger partial charge in [0.25, 0.3) is 0 Å². The molecule has 0 aromatic carbocycles. The average Bonchev–Trinajstić information content (AvgIpc) is 2.39. The molecule has 5 nitrogen and oxygen atoms in total. The van der Waals surface area contributed by atoms with Crippen molar-refractivity contribution in [2.24, 2.45) is 11.3 Å². The zero-order valence-corrected chi connectivity index (χ0v) is 14.7. The second-order valence-corrected chi connectivity index (χ2v) is 6.02. The second kappa shape index (κ2) is 7.64. The van der Waals surface area contributed by atoms with Crippen LogP contribution in [0, 0.1) is 11.3 Å². The Balaban J connectivity index is 0.00000200. The van der Waals surface area contributed by atoms with Crippen LogP contribution in [0.3, 0.4) is 0 Å². The minimum Gasteiger partial charge on any atom is -0.394 e. The topological polar surface area (TPSA) is 77.3 Å². The van der Waals surface area contributed by atoms with Crippen LogP contribution >= 0.6 is 11.8 Å². The molecule has 1 heterocycles. The SMILES string of the molecule is CCSCC1(C2C=CCCC2)C(=O)[N-]C(=O)NC1=O.[Na+]. The third-order valence-corrected chi connectivity index (χ3v) is 4.70. The smallest absolute Gasteiger partial charge is 0.394 e. The number of carbonyl (C=O) groups excluding carboxylic acids is 3. The molecule has 20 heavy (non-hydrogen) atoms. The average molecular weight is 304 g/mol. The van der Waals surface area contributed by atoms with Crippen molar-refractivity contribution in [2.45, 2.75) is 26.2 Å². The molecular formula is C13H17N2NaO3S. The summed E-state index contributed by atoms with van der Waals surface area (Å²) in [6.07, 6.45) is 6.64. The maximum atomic E-state index is 12.3. The third-order valence-electron chi connectivity index (χ3n) is 3.63. The van der Waals surface area contributed by atoms with Crippen molar-refractivity contribution in [3.05, 3.63) is 17.5 Å². The van der Waals surface area contributed by atoms with Gasteiger partial charge in [0.2, 0.25) is 0 Å². The van der Waals surface area contributed by atoms with E-state index in [-0.39, 0.29) is 35.5 Å². The van der Waals surface area contributed by atoms with Crippen molar-refractivity contribution in [1.29, 1.82) is 0 Å². The normalized spacial score (nSPS) is 29.4.